The molecule has 0 bridgehead atoms. The van der Waals surface area contributed by atoms with Gasteiger partial charge >= 0.3 is 12.0 Å². The van der Waals surface area contributed by atoms with Crippen LogP contribution in [-0.2, 0) is 20.7 Å². The van der Waals surface area contributed by atoms with E-state index < -0.39 is 24.5 Å². The molecule has 120 valence electrons. The molecule has 0 aliphatic rings. The third-order valence-electron chi connectivity index (χ3n) is 2.64. The molecule has 2 N–H and O–H groups in total. The maximum Gasteiger partial charge on any atom is 0.344 e. The van der Waals surface area contributed by atoms with Gasteiger partial charge in [-0.05, 0) is 31.0 Å². The van der Waals surface area contributed by atoms with Crippen LogP contribution in [0.5, 0.6) is 5.75 Å². The fourth-order valence-corrected chi connectivity index (χ4v) is 1.52. The van der Waals surface area contributed by atoms with Crippen molar-refractivity contribution >= 4 is 17.9 Å². The van der Waals surface area contributed by atoms with Gasteiger partial charge in [0.2, 0.25) is 0 Å². The van der Waals surface area contributed by atoms with Gasteiger partial charge in [-0.3, -0.25) is 10.1 Å². The van der Waals surface area contributed by atoms with Crippen molar-refractivity contribution in [1.29, 1.82) is 0 Å². The molecule has 0 radical (unpaired) electrons. The third-order valence-corrected chi connectivity index (χ3v) is 2.64. The fourth-order valence-electron chi connectivity index (χ4n) is 1.52. The van der Waals surface area contributed by atoms with Crippen LogP contribution in [0.4, 0.5) is 4.79 Å². The van der Waals surface area contributed by atoms with E-state index in [0.29, 0.717) is 12.3 Å². The number of carbonyl (C=O) groups is 3. The summed E-state index contributed by atoms with van der Waals surface area (Å²) in [7, 11) is 0. The van der Waals surface area contributed by atoms with E-state index in [1.807, 2.05) is 24.4 Å². The predicted octanol–water partition coefficient (Wildman–Crippen LogP) is 1.02. The summed E-state index contributed by atoms with van der Waals surface area (Å²) in [6.45, 7) is 3.31. The molecule has 1 aromatic carbocycles. The molecule has 0 spiro atoms. The zero-order valence-electron chi connectivity index (χ0n) is 12.7. The lowest BCUT2D eigenvalue weighted by molar-refractivity contribution is -0.150. The second kappa shape index (κ2) is 9.38. The minimum absolute atomic E-state index is 0.306. The molecule has 1 aromatic rings. The molecule has 0 saturated carbocycles. The first-order chi connectivity index (χ1) is 10.5. The maximum atomic E-state index is 11.4. The lowest BCUT2D eigenvalue weighted by Gasteiger charge is -2.08. The van der Waals surface area contributed by atoms with E-state index in [1.54, 1.807) is 19.1 Å². The quantitative estimate of drug-likeness (QED) is 0.733. The Kier molecular flexibility index (Phi) is 7.45. The summed E-state index contributed by atoms with van der Waals surface area (Å²) >= 11 is 0. The van der Waals surface area contributed by atoms with Crippen molar-refractivity contribution in [2.24, 2.45) is 0 Å². The highest BCUT2D eigenvalue weighted by Gasteiger charge is 2.10. The molecule has 0 atom stereocenters. The van der Waals surface area contributed by atoms with Gasteiger partial charge < -0.3 is 14.8 Å². The molecule has 0 aliphatic heterocycles. The summed E-state index contributed by atoms with van der Waals surface area (Å²) in [5, 5.41) is 4.40. The number of aryl methyl sites for hydroxylation is 1. The van der Waals surface area contributed by atoms with Gasteiger partial charge in [-0.25, -0.2) is 9.59 Å². The van der Waals surface area contributed by atoms with Crippen LogP contribution >= 0.6 is 0 Å². The van der Waals surface area contributed by atoms with Crippen molar-refractivity contribution in [3.05, 3.63) is 29.8 Å². The van der Waals surface area contributed by atoms with Gasteiger partial charge in [0.25, 0.3) is 5.91 Å². The molecule has 0 unspecified atom stereocenters. The minimum atomic E-state index is -0.702. The molecule has 1 rings (SSSR count). The summed E-state index contributed by atoms with van der Waals surface area (Å²) in [6.07, 6.45) is 0.920. The number of amides is 3. The van der Waals surface area contributed by atoms with E-state index in [4.69, 9.17) is 9.47 Å². The first-order valence-electron chi connectivity index (χ1n) is 7.00. The third kappa shape index (κ3) is 6.74. The number of carbonyl (C=O) groups excluding carboxylic acids is 3. The van der Waals surface area contributed by atoms with Crippen molar-refractivity contribution in [3.8, 4) is 5.75 Å². The first kappa shape index (κ1) is 17.5. The zero-order valence-corrected chi connectivity index (χ0v) is 12.7. The summed E-state index contributed by atoms with van der Waals surface area (Å²) in [6, 6.07) is 6.69. The molecule has 22 heavy (non-hydrogen) atoms. The van der Waals surface area contributed by atoms with Gasteiger partial charge in [-0.15, -0.1) is 0 Å². The topological polar surface area (TPSA) is 93.7 Å². The van der Waals surface area contributed by atoms with Crippen molar-refractivity contribution in [2.45, 2.75) is 20.3 Å². The number of imide groups is 1. The van der Waals surface area contributed by atoms with Gasteiger partial charge in [0.05, 0.1) is 0 Å². The van der Waals surface area contributed by atoms with Crippen LogP contribution in [0.25, 0.3) is 0 Å². The number of nitrogens with one attached hydrogen (secondary N) is 2. The molecular formula is C15H20N2O5. The first-order valence-corrected chi connectivity index (χ1v) is 7.00. The molecule has 0 fully saturated rings. The van der Waals surface area contributed by atoms with Crippen molar-refractivity contribution in [3.63, 3.8) is 0 Å². The minimum Gasteiger partial charge on any atom is -0.482 e. The molecule has 0 aliphatic carbocycles. The van der Waals surface area contributed by atoms with Crippen LogP contribution in [0.2, 0.25) is 0 Å². The molecule has 7 heteroatoms. The van der Waals surface area contributed by atoms with Gasteiger partial charge in [0.1, 0.15) is 5.75 Å². The van der Waals surface area contributed by atoms with Gasteiger partial charge in [0.15, 0.2) is 13.2 Å². The number of rotatable bonds is 7. The van der Waals surface area contributed by atoms with E-state index in [0.717, 1.165) is 12.0 Å². The highest BCUT2D eigenvalue weighted by molar-refractivity contribution is 5.95. The van der Waals surface area contributed by atoms with Crippen LogP contribution in [0.15, 0.2) is 24.3 Å². The fraction of sp³-hybridized carbons (Fsp3) is 0.400. The number of benzene rings is 1. The molecule has 0 aromatic heterocycles. The Morgan fingerprint density at radius 1 is 1.05 bits per heavy atom. The second-order valence-electron chi connectivity index (χ2n) is 4.35. The average Bonchev–Trinajstić information content (AvgIpc) is 2.51. The van der Waals surface area contributed by atoms with Crippen molar-refractivity contribution in [2.75, 3.05) is 19.8 Å². The van der Waals surface area contributed by atoms with E-state index in [9.17, 15) is 14.4 Å². The van der Waals surface area contributed by atoms with E-state index in [2.05, 4.69) is 5.32 Å². The number of hydrogen-bond donors (Lipinski definition) is 2. The molecular weight excluding hydrogens is 288 g/mol. The highest BCUT2D eigenvalue weighted by Crippen LogP contribution is 2.12. The van der Waals surface area contributed by atoms with Crippen LogP contribution in [0.1, 0.15) is 19.4 Å². The van der Waals surface area contributed by atoms with Crippen LogP contribution in [0, 0.1) is 0 Å². The molecule has 0 heterocycles. The van der Waals surface area contributed by atoms with E-state index in [-0.39, 0.29) is 6.61 Å². The summed E-state index contributed by atoms with van der Waals surface area (Å²) < 4.78 is 9.93. The highest BCUT2D eigenvalue weighted by atomic mass is 16.6. The lowest BCUT2D eigenvalue weighted by atomic mass is 10.2. The van der Waals surface area contributed by atoms with Crippen molar-refractivity contribution < 1.29 is 23.9 Å². The predicted molar refractivity (Wildman–Crippen MR) is 79.5 cm³/mol. The van der Waals surface area contributed by atoms with Gasteiger partial charge in [0, 0.05) is 6.54 Å². The Morgan fingerprint density at radius 3 is 2.32 bits per heavy atom. The zero-order chi connectivity index (χ0) is 16.4. The Balaban J connectivity index is 2.25. The Morgan fingerprint density at radius 2 is 1.73 bits per heavy atom. The second-order valence-corrected chi connectivity index (χ2v) is 4.35. The van der Waals surface area contributed by atoms with Crippen LogP contribution < -0.4 is 15.4 Å². The van der Waals surface area contributed by atoms with Gasteiger partial charge in [-0.1, -0.05) is 19.1 Å². The lowest BCUT2D eigenvalue weighted by Crippen LogP contribution is -2.41. The maximum absolute atomic E-state index is 11.4. The van der Waals surface area contributed by atoms with Crippen LogP contribution in [-0.4, -0.2) is 37.7 Å². The van der Waals surface area contributed by atoms with Gasteiger partial charge in [-0.2, -0.15) is 0 Å². The summed E-state index contributed by atoms with van der Waals surface area (Å²) in [5.41, 5.74) is 1.16. The Bertz CT molecular complexity index is 513. The largest absolute Gasteiger partial charge is 0.482 e. The monoisotopic (exact) mass is 308 g/mol. The number of ether oxygens (including phenoxy) is 2. The standard InChI is InChI=1S/C15H20N2O5/c1-3-11-5-7-12(8-6-11)21-10-14(19)22-9-13(18)17-15(20)16-4-2/h5-8H,3-4,9-10H2,1-2H3,(H2,16,17,18,20). The average molecular weight is 308 g/mol. The Hall–Kier alpha value is -2.57. The molecule has 0 saturated heterocycles. The molecule has 7 nitrogen and oxygen atoms in total. The Labute approximate surface area is 129 Å². The molecule has 3 amide bonds. The van der Waals surface area contributed by atoms with E-state index in [1.165, 1.54) is 0 Å². The number of hydrogen-bond acceptors (Lipinski definition) is 5. The normalized spacial score (nSPS) is 9.73. The summed E-state index contributed by atoms with van der Waals surface area (Å²) in [4.78, 5) is 33.8. The van der Waals surface area contributed by atoms with Crippen molar-refractivity contribution in [1.82, 2.24) is 10.6 Å². The van der Waals surface area contributed by atoms with Crippen LogP contribution in [0.3, 0.4) is 0 Å². The van der Waals surface area contributed by atoms with E-state index >= 15 is 0 Å². The summed E-state index contributed by atoms with van der Waals surface area (Å²) in [5.74, 6) is -0.849. The SMILES string of the molecule is CCNC(=O)NC(=O)COC(=O)COc1ccc(CC)cc1. The smallest absolute Gasteiger partial charge is 0.344 e. The number of urea groups is 1. The number of esters is 1.